The first-order valence-electron chi connectivity index (χ1n) is 11.1. The number of hydrogen-bond acceptors (Lipinski definition) is 5. The van der Waals surface area contributed by atoms with Crippen molar-refractivity contribution >= 4 is 5.91 Å². The van der Waals surface area contributed by atoms with Crippen LogP contribution in [0.1, 0.15) is 36.8 Å². The minimum atomic E-state index is -1.17. The van der Waals surface area contributed by atoms with Crippen LogP contribution in [0.3, 0.4) is 0 Å². The molecular weight excluding hydrogens is 411 g/mol. The van der Waals surface area contributed by atoms with Crippen molar-refractivity contribution < 1.29 is 23.8 Å². The van der Waals surface area contributed by atoms with E-state index in [0.29, 0.717) is 49.4 Å². The SMILES string of the molecule is COc1ccc(CCNC(=O)CN2C3CCC2CC(O)(c2ccccc2F)C3)cc1OC. The minimum Gasteiger partial charge on any atom is -0.493 e. The van der Waals surface area contributed by atoms with Crippen LogP contribution < -0.4 is 14.8 Å². The van der Waals surface area contributed by atoms with Gasteiger partial charge in [0, 0.05) is 24.2 Å². The molecule has 4 rings (SSSR count). The van der Waals surface area contributed by atoms with Crippen LogP contribution in [0.4, 0.5) is 4.39 Å². The predicted molar refractivity (Wildman–Crippen MR) is 119 cm³/mol. The third-order valence-corrected chi connectivity index (χ3v) is 6.80. The number of carbonyl (C=O) groups excluding carboxylic acids is 1. The fourth-order valence-electron chi connectivity index (χ4n) is 5.24. The molecule has 1 amide bonds. The normalized spacial score (nSPS) is 24.9. The fourth-order valence-corrected chi connectivity index (χ4v) is 5.24. The topological polar surface area (TPSA) is 71.0 Å². The van der Waals surface area contributed by atoms with Crippen LogP contribution in [0.25, 0.3) is 0 Å². The highest BCUT2D eigenvalue weighted by molar-refractivity contribution is 5.78. The van der Waals surface area contributed by atoms with Gasteiger partial charge in [-0.3, -0.25) is 9.69 Å². The third kappa shape index (κ3) is 4.59. The Morgan fingerprint density at radius 1 is 1.12 bits per heavy atom. The number of ether oxygens (including phenoxy) is 2. The van der Waals surface area contributed by atoms with Crippen LogP contribution in [0, 0.1) is 5.82 Å². The van der Waals surface area contributed by atoms with Gasteiger partial charge in [0.25, 0.3) is 0 Å². The molecule has 2 aromatic rings. The van der Waals surface area contributed by atoms with Gasteiger partial charge < -0.3 is 19.9 Å². The summed E-state index contributed by atoms with van der Waals surface area (Å²) >= 11 is 0. The molecule has 7 heteroatoms. The summed E-state index contributed by atoms with van der Waals surface area (Å²) in [6.07, 6.45) is 3.42. The Labute approximate surface area is 188 Å². The highest BCUT2D eigenvalue weighted by atomic mass is 19.1. The van der Waals surface area contributed by atoms with E-state index in [4.69, 9.17) is 9.47 Å². The zero-order valence-electron chi connectivity index (χ0n) is 18.6. The van der Waals surface area contributed by atoms with E-state index in [9.17, 15) is 14.3 Å². The van der Waals surface area contributed by atoms with Crippen molar-refractivity contribution in [3.8, 4) is 11.5 Å². The molecule has 2 heterocycles. The summed E-state index contributed by atoms with van der Waals surface area (Å²) in [7, 11) is 3.20. The molecule has 0 aliphatic carbocycles. The van der Waals surface area contributed by atoms with Crippen molar-refractivity contribution in [3.63, 3.8) is 0 Å². The highest BCUT2D eigenvalue weighted by Gasteiger charge is 2.49. The van der Waals surface area contributed by atoms with Crippen LogP contribution in [0.2, 0.25) is 0 Å². The van der Waals surface area contributed by atoms with E-state index in [-0.39, 0.29) is 23.8 Å². The first-order valence-corrected chi connectivity index (χ1v) is 11.1. The molecule has 2 unspecified atom stereocenters. The van der Waals surface area contributed by atoms with Gasteiger partial charge in [-0.05, 0) is 55.9 Å². The molecule has 0 radical (unpaired) electrons. The second-order valence-electron chi connectivity index (χ2n) is 8.77. The second kappa shape index (κ2) is 9.46. The van der Waals surface area contributed by atoms with Crippen molar-refractivity contribution in [1.29, 1.82) is 0 Å². The minimum absolute atomic E-state index is 0.0290. The van der Waals surface area contributed by atoms with Gasteiger partial charge in [-0.2, -0.15) is 0 Å². The van der Waals surface area contributed by atoms with Crippen LogP contribution in [0.15, 0.2) is 42.5 Å². The number of hydrogen-bond donors (Lipinski definition) is 2. The smallest absolute Gasteiger partial charge is 0.234 e. The predicted octanol–water partition coefficient (Wildman–Crippen LogP) is 3.02. The largest absolute Gasteiger partial charge is 0.493 e. The maximum atomic E-state index is 14.3. The first-order chi connectivity index (χ1) is 15.4. The number of fused-ring (bicyclic) bond motifs is 2. The Balaban J connectivity index is 1.31. The molecule has 2 fully saturated rings. The monoisotopic (exact) mass is 442 g/mol. The van der Waals surface area contributed by atoms with Crippen molar-refractivity contribution in [2.24, 2.45) is 0 Å². The number of amides is 1. The molecule has 6 nitrogen and oxygen atoms in total. The zero-order chi connectivity index (χ0) is 22.7. The number of nitrogens with zero attached hydrogens (tertiary/aromatic N) is 1. The van der Waals surface area contributed by atoms with Gasteiger partial charge in [0.15, 0.2) is 11.5 Å². The molecule has 2 bridgehead atoms. The number of rotatable bonds is 8. The van der Waals surface area contributed by atoms with E-state index in [2.05, 4.69) is 10.2 Å². The van der Waals surface area contributed by atoms with Crippen molar-refractivity contribution in [3.05, 3.63) is 59.4 Å². The number of benzene rings is 2. The Morgan fingerprint density at radius 3 is 2.47 bits per heavy atom. The number of halogens is 1. The van der Waals surface area contributed by atoms with E-state index in [1.165, 1.54) is 6.07 Å². The zero-order valence-corrected chi connectivity index (χ0v) is 18.6. The van der Waals surface area contributed by atoms with Gasteiger partial charge >= 0.3 is 0 Å². The van der Waals surface area contributed by atoms with Gasteiger partial charge in [-0.15, -0.1) is 0 Å². The molecule has 2 aromatic carbocycles. The Morgan fingerprint density at radius 2 is 1.81 bits per heavy atom. The Hall–Kier alpha value is -2.64. The lowest BCUT2D eigenvalue weighted by Gasteiger charge is -2.43. The lowest BCUT2D eigenvalue weighted by atomic mass is 9.80. The maximum Gasteiger partial charge on any atom is 0.234 e. The number of aliphatic hydroxyl groups is 1. The lowest BCUT2D eigenvalue weighted by Crippen LogP contribution is -2.52. The van der Waals surface area contributed by atoms with Gasteiger partial charge in [0.05, 0.1) is 26.4 Å². The lowest BCUT2D eigenvalue weighted by molar-refractivity contribution is -0.126. The van der Waals surface area contributed by atoms with E-state index in [1.54, 1.807) is 32.4 Å². The van der Waals surface area contributed by atoms with Crippen molar-refractivity contribution in [2.75, 3.05) is 27.3 Å². The average Bonchev–Trinajstić information content (AvgIpc) is 3.02. The Bertz CT molecular complexity index is 953. The summed E-state index contributed by atoms with van der Waals surface area (Å²) in [5, 5.41) is 14.2. The van der Waals surface area contributed by atoms with Crippen LogP contribution >= 0.6 is 0 Å². The number of carbonyl (C=O) groups is 1. The van der Waals surface area contributed by atoms with E-state index < -0.39 is 5.60 Å². The maximum absolute atomic E-state index is 14.3. The van der Waals surface area contributed by atoms with E-state index >= 15 is 0 Å². The number of piperidine rings is 1. The highest BCUT2D eigenvalue weighted by Crippen LogP contribution is 2.46. The first kappa shape index (κ1) is 22.6. The molecule has 2 aliphatic rings. The standard InChI is InChI=1S/C25H31FN2O4/c1-31-22-10-7-17(13-23(22)32-2)11-12-27-24(29)16-28-18-8-9-19(28)15-25(30,14-18)20-5-3-4-6-21(20)26/h3-7,10,13,18-19,30H,8-9,11-12,14-16H2,1-2H3,(H,27,29). The number of nitrogens with one attached hydrogen (secondary N) is 1. The van der Waals surface area contributed by atoms with Gasteiger partial charge in [-0.1, -0.05) is 24.3 Å². The van der Waals surface area contributed by atoms with E-state index in [0.717, 1.165) is 18.4 Å². The van der Waals surface area contributed by atoms with Crippen LogP contribution in [0.5, 0.6) is 11.5 Å². The summed E-state index contributed by atoms with van der Waals surface area (Å²) in [4.78, 5) is 14.8. The van der Waals surface area contributed by atoms with Crippen molar-refractivity contribution in [2.45, 2.75) is 49.8 Å². The van der Waals surface area contributed by atoms with Gasteiger partial charge in [0.2, 0.25) is 5.91 Å². The second-order valence-corrected chi connectivity index (χ2v) is 8.77. The van der Waals surface area contributed by atoms with Crippen LogP contribution in [-0.2, 0) is 16.8 Å². The van der Waals surface area contributed by atoms with Crippen LogP contribution in [-0.4, -0.2) is 55.3 Å². The van der Waals surface area contributed by atoms with Gasteiger partial charge in [0.1, 0.15) is 5.82 Å². The third-order valence-electron chi connectivity index (χ3n) is 6.80. The summed E-state index contributed by atoms with van der Waals surface area (Å²) in [5.41, 5.74) is 0.254. The fraction of sp³-hybridized carbons (Fsp3) is 0.480. The summed E-state index contributed by atoms with van der Waals surface area (Å²) < 4.78 is 24.9. The molecule has 0 spiro atoms. The quantitative estimate of drug-likeness (QED) is 0.658. The van der Waals surface area contributed by atoms with Gasteiger partial charge in [-0.25, -0.2) is 4.39 Å². The number of methoxy groups -OCH3 is 2. The Kier molecular flexibility index (Phi) is 6.67. The molecule has 2 N–H and O–H groups in total. The van der Waals surface area contributed by atoms with Crippen molar-refractivity contribution in [1.82, 2.24) is 10.2 Å². The molecule has 2 atom stereocenters. The summed E-state index contributed by atoms with van der Waals surface area (Å²) in [6, 6.07) is 12.4. The molecule has 0 aromatic heterocycles. The summed E-state index contributed by atoms with van der Waals surface area (Å²) in [5.74, 6) is 0.953. The molecule has 2 saturated heterocycles. The average molecular weight is 443 g/mol. The molecular formula is C25H31FN2O4. The summed E-state index contributed by atoms with van der Waals surface area (Å²) in [6.45, 7) is 0.825. The van der Waals surface area contributed by atoms with E-state index in [1.807, 2.05) is 18.2 Å². The molecule has 32 heavy (non-hydrogen) atoms. The molecule has 2 aliphatic heterocycles. The molecule has 172 valence electrons. The molecule has 0 saturated carbocycles.